The van der Waals surface area contributed by atoms with Crippen molar-refractivity contribution in [3.05, 3.63) is 21.3 Å². The standard InChI is InChI=1S/C12H16ClNOS/c1-8-6-12(15,7-14(8)9-2-3-9)11-10(13)4-5-16-11/h4-5,8-9,15H,2-3,6-7H2,1H3. The number of halogens is 1. The molecule has 16 heavy (non-hydrogen) atoms. The smallest absolute Gasteiger partial charge is 0.114 e. The number of thiophene rings is 1. The highest BCUT2D eigenvalue weighted by atomic mass is 35.5. The molecule has 2 atom stereocenters. The molecule has 0 radical (unpaired) electrons. The Bertz CT molecular complexity index is 403. The van der Waals surface area contributed by atoms with Gasteiger partial charge in [-0.1, -0.05) is 11.6 Å². The molecule has 88 valence electrons. The third kappa shape index (κ3) is 1.70. The molecule has 2 aliphatic rings. The van der Waals surface area contributed by atoms with Crippen molar-refractivity contribution in [1.82, 2.24) is 4.90 Å². The zero-order valence-electron chi connectivity index (χ0n) is 9.32. The first kappa shape index (κ1) is 11.0. The molecule has 0 bridgehead atoms. The summed E-state index contributed by atoms with van der Waals surface area (Å²) < 4.78 is 0. The molecule has 2 nitrogen and oxygen atoms in total. The van der Waals surface area contributed by atoms with Crippen molar-refractivity contribution in [1.29, 1.82) is 0 Å². The fourth-order valence-electron chi connectivity index (χ4n) is 2.81. The van der Waals surface area contributed by atoms with Gasteiger partial charge in [-0.05, 0) is 37.6 Å². The van der Waals surface area contributed by atoms with Crippen molar-refractivity contribution in [3.63, 3.8) is 0 Å². The van der Waals surface area contributed by atoms with Gasteiger partial charge < -0.3 is 5.11 Å². The Kier molecular flexibility index (Phi) is 2.55. The third-order valence-electron chi connectivity index (χ3n) is 3.70. The second-order valence-corrected chi connectivity index (χ2v) is 6.41. The first-order valence-electron chi connectivity index (χ1n) is 5.82. The molecule has 0 spiro atoms. The summed E-state index contributed by atoms with van der Waals surface area (Å²) >= 11 is 7.71. The molecule has 1 saturated carbocycles. The van der Waals surface area contributed by atoms with Crippen molar-refractivity contribution in [2.75, 3.05) is 6.54 Å². The maximum absolute atomic E-state index is 10.7. The quantitative estimate of drug-likeness (QED) is 0.881. The van der Waals surface area contributed by atoms with E-state index in [1.54, 1.807) is 11.3 Å². The molecule has 1 aliphatic carbocycles. The van der Waals surface area contributed by atoms with Gasteiger partial charge in [-0.3, -0.25) is 4.90 Å². The van der Waals surface area contributed by atoms with Crippen molar-refractivity contribution in [2.24, 2.45) is 0 Å². The summed E-state index contributed by atoms with van der Waals surface area (Å²) in [6.45, 7) is 2.96. The molecule has 3 rings (SSSR count). The van der Waals surface area contributed by atoms with Crippen LogP contribution in [0.4, 0.5) is 0 Å². The van der Waals surface area contributed by atoms with E-state index in [0.717, 1.165) is 22.9 Å². The summed E-state index contributed by atoms with van der Waals surface area (Å²) in [6.07, 6.45) is 3.39. The molecule has 0 amide bonds. The van der Waals surface area contributed by atoms with Gasteiger partial charge in [0, 0.05) is 18.6 Å². The number of hydrogen-bond acceptors (Lipinski definition) is 3. The van der Waals surface area contributed by atoms with E-state index in [0.29, 0.717) is 12.1 Å². The first-order valence-corrected chi connectivity index (χ1v) is 7.07. The van der Waals surface area contributed by atoms with Gasteiger partial charge in [0.1, 0.15) is 5.60 Å². The van der Waals surface area contributed by atoms with Crippen LogP contribution in [0.1, 0.15) is 31.1 Å². The molecule has 2 heterocycles. The Balaban J connectivity index is 1.87. The Hall–Kier alpha value is -0.0900. The lowest BCUT2D eigenvalue weighted by Crippen LogP contribution is -2.32. The van der Waals surface area contributed by atoms with E-state index in [-0.39, 0.29) is 0 Å². The number of nitrogens with zero attached hydrogens (tertiary/aromatic N) is 1. The van der Waals surface area contributed by atoms with E-state index in [1.165, 1.54) is 12.8 Å². The van der Waals surface area contributed by atoms with Gasteiger partial charge in [-0.15, -0.1) is 11.3 Å². The normalized spacial score (nSPS) is 35.8. The topological polar surface area (TPSA) is 23.5 Å². The highest BCUT2D eigenvalue weighted by Crippen LogP contribution is 2.45. The van der Waals surface area contributed by atoms with Crippen LogP contribution in [0, 0.1) is 0 Å². The summed E-state index contributed by atoms with van der Waals surface area (Å²) in [6, 6.07) is 3.06. The van der Waals surface area contributed by atoms with Gasteiger partial charge >= 0.3 is 0 Å². The Morgan fingerprint density at radius 1 is 1.56 bits per heavy atom. The van der Waals surface area contributed by atoms with Gasteiger partial charge in [-0.25, -0.2) is 0 Å². The molecular formula is C12H16ClNOS. The van der Waals surface area contributed by atoms with Gasteiger partial charge in [0.2, 0.25) is 0 Å². The number of rotatable bonds is 2. The van der Waals surface area contributed by atoms with Crippen LogP contribution in [0.5, 0.6) is 0 Å². The largest absolute Gasteiger partial charge is 0.383 e. The predicted molar refractivity (Wildman–Crippen MR) is 67.0 cm³/mol. The third-order valence-corrected chi connectivity index (χ3v) is 5.23. The minimum absolute atomic E-state index is 0.468. The monoisotopic (exact) mass is 257 g/mol. The lowest BCUT2D eigenvalue weighted by Gasteiger charge is -2.23. The zero-order valence-corrected chi connectivity index (χ0v) is 10.9. The van der Waals surface area contributed by atoms with Crippen molar-refractivity contribution in [3.8, 4) is 0 Å². The fourth-order valence-corrected chi connectivity index (χ4v) is 4.15. The summed E-state index contributed by atoms with van der Waals surface area (Å²) in [7, 11) is 0. The summed E-state index contributed by atoms with van der Waals surface area (Å²) in [5.74, 6) is 0. The Morgan fingerprint density at radius 2 is 2.31 bits per heavy atom. The highest BCUT2D eigenvalue weighted by Gasteiger charge is 2.48. The highest BCUT2D eigenvalue weighted by molar-refractivity contribution is 7.10. The van der Waals surface area contributed by atoms with Crippen LogP contribution in [0.2, 0.25) is 5.02 Å². The molecule has 1 N–H and O–H groups in total. The van der Waals surface area contributed by atoms with Crippen LogP contribution in [-0.4, -0.2) is 28.6 Å². The lowest BCUT2D eigenvalue weighted by atomic mass is 9.99. The minimum Gasteiger partial charge on any atom is -0.383 e. The van der Waals surface area contributed by atoms with E-state index in [4.69, 9.17) is 11.6 Å². The van der Waals surface area contributed by atoms with Gasteiger partial charge in [0.05, 0.1) is 9.90 Å². The van der Waals surface area contributed by atoms with Crippen molar-refractivity contribution in [2.45, 2.75) is 43.9 Å². The number of aliphatic hydroxyl groups is 1. The van der Waals surface area contributed by atoms with E-state index < -0.39 is 5.60 Å². The van der Waals surface area contributed by atoms with E-state index >= 15 is 0 Å². The van der Waals surface area contributed by atoms with Crippen LogP contribution in [0.15, 0.2) is 11.4 Å². The average molecular weight is 258 g/mol. The zero-order chi connectivity index (χ0) is 11.3. The molecule has 1 saturated heterocycles. The summed E-state index contributed by atoms with van der Waals surface area (Å²) in [5.41, 5.74) is -0.715. The molecule has 0 aromatic carbocycles. The molecule has 2 unspecified atom stereocenters. The molecule has 4 heteroatoms. The van der Waals surface area contributed by atoms with Crippen LogP contribution in [0.3, 0.4) is 0 Å². The maximum Gasteiger partial charge on any atom is 0.114 e. The van der Waals surface area contributed by atoms with E-state index in [2.05, 4.69) is 11.8 Å². The first-order chi connectivity index (χ1) is 7.60. The van der Waals surface area contributed by atoms with Crippen LogP contribution in [0.25, 0.3) is 0 Å². The number of β-amino-alcohol motifs (C(OH)–C–C–N with tert-alkyl or cyclic N) is 1. The van der Waals surface area contributed by atoms with Gasteiger partial charge in [0.25, 0.3) is 0 Å². The maximum atomic E-state index is 10.7. The lowest BCUT2D eigenvalue weighted by molar-refractivity contribution is 0.0489. The molecular weight excluding hydrogens is 242 g/mol. The van der Waals surface area contributed by atoms with Crippen LogP contribution >= 0.6 is 22.9 Å². The van der Waals surface area contributed by atoms with Crippen molar-refractivity contribution >= 4 is 22.9 Å². The fraction of sp³-hybridized carbons (Fsp3) is 0.667. The number of hydrogen-bond donors (Lipinski definition) is 1. The summed E-state index contributed by atoms with van der Waals surface area (Å²) in [4.78, 5) is 3.39. The van der Waals surface area contributed by atoms with Gasteiger partial charge in [-0.2, -0.15) is 0 Å². The minimum atomic E-state index is -0.715. The van der Waals surface area contributed by atoms with Crippen LogP contribution in [-0.2, 0) is 5.60 Å². The number of likely N-dealkylation sites (tertiary alicyclic amines) is 1. The molecule has 1 aromatic heterocycles. The summed E-state index contributed by atoms with van der Waals surface area (Å²) in [5, 5.41) is 13.4. The van der Waals surface area contributed by atoms with Crippen LogP contribution < -0.4 is 0 Å². The van der Waals surface area contributed by atoms with E-state index in [1.807, 2.05) is 11.4 Å². The Morgan fingerprint density at radius 3 is 2.88 bits per heavy atom. The van der Waals surface area contributed by atoms with Crippen molar-refractivity contribution < 1.29 is 5.11 Å². The predicted octanol–water partition coefficient (Wildman–Crippen LogP) is 2.85. The second-order valence-electron chi connectivity index (χ2n) is 5.09. The second kappa shape index (κ2) is 3.70. The molecule has 1 aliphatic heterocycles. The van der Waals surface area contributed by atoms with E-state index in [9.17, 15) is 5.11 Å². The molecule has 2 fully saturated rings. The average Bonchev–Trinajstić information content (AvgIpc) is 2.89. The Labute approximate surface area is 105 Å². The van der Waals surface area contributed by atoms with Gasteiger partial charge in [0.15, 0.2) is 0 Å². The molecule has 1 aromatic rings. The SMILES string of the molecule is CC1CC(O)(c2sccc2Cl)CN1C1CC1.